The van der Waals surface area contributed by atoms with Crippen LogP contribution in [0, 0.1) is 0 Å². The minimum atomic E-state index is 0.234. The molecule has 0 aliphatic carbocycles. The minimum absolute atomic E-state index is 0.234. The summed E-state index contributed by atoms with van der Waals surface area (Å²) >= 11 is 1.65. The van der Waals surface area contributed by atoms with Crippen LogP contribution < -0.4 is 5.32 Å². The molecular formula is C14H13N3OS. The van der Waals surface area contributed by atoms with Crippen LogP contribution in [0.25, 0.3) is 11.3 Å². The van der Waals surface area contributed by atoms with Crippen LogP contribution in [0.15, 0.2) is 53.0 Å². The van der Waals surface area contributed by atoms with Crippen molar-refractivity contribution in [3.63, 3.8) is 0 Å². The zero-order valence-electron chi connectivity index (χ0n) is 10.4. The van der Waals surface area contributed by atoms with Crippen LogP contribution >= 0.6 is 11.3 Å². The van der Waals surface area contributed by atoms with Gasteiger partial charge in [0.2, 0.25) is 0 Å². The Morgan fingerprint density at radius 3 is 2.95 bits per heavy atom. The molecule has 0 radical (unpaired) electrons. The lowest BCUT2D eigenvalue weighted by molar-refractivity contribution is 0.572. The average Bonchev–Trinajstić information content (AvgIpc) is 3.13. The highest BCUT2D eigenvalue weighted by atomic mass is 32.1. The van der Waals surface area contributed by atoms with Crippen LogP contribution in [0.3, 0.4) is 0 Å². The largest absolute Gasteiger partial charge is 0.444 e. The van der Waals surface area contributed by atoms with Gasteiger partial charge in [0, 0.05) is 22.3 Å². The molecule has 0 aliphatic heterocycles. The third kappa shape index (κ3) is 2.66. The third-order valence-corrected chi connectivity index (χ3v) is 3.80. The fraction of sp³-hybridized carbons (Fsp3) is 0.143. The number of hydrogen-bond acceptors (Lipinski definition) is 5. The quantitative estimate of drug-likeness (QED) is 0.780. The molecule has 0 saturated carbocycles. The van der Waals surface area contributed by atoms with Gasteiger partial charge in [0.1, 0.15) is 0 Å². The first-order chi connectivity index (χ1) is 9.33. The monoisotopic (exact) mass is 271 g/mol. The molecule has 19 heavy (non-hydrogen) atoms. The molecule has 4 nitrogen and oxygen atoms in total. The summed E-state index contributed by atoms with van der Waals surface area (Å²) in [5.41, 5.74) is 3.91. The van der Waals surface area contributed by atoms with Crippen molar-refractivity contribution in [3.05, 3.63) is 53.4 Å². The number of rotatable bonds is 4. The summed E-state index contributed by atoms with van der Waals surface area (Å²) in [5, 5.41) is 3.45. The molecule has 0 amide bonds. The minimum Gasteiger partial charge on any atom is -0.444 e. The summed E-state index contributed by atoms with van der Waals surface area (Å²) in [7, 11) is 0. The van der Waals surface area contributed by atoms with Gasteiger partial charge in [-0.25, -0.2) is 4.98 Å². The Hall–Kier alpha value is -2.14. The van der Waals surface area contributed by atoms with Gasteiger partial charge in [-0.3, -0.25) is 4.98 Å². The van der Waals surface area contributed by atoms with E-state index in [1.54, 1.807) is 17.5 Å². The van der Waals surface area contributed by atoms with E-state index in [1.165, 1.54) is 11.3 Å². The van der Waals surface area contributed by atoms with Crippen molar-refractivity contribution in [2.24, 2.45) is 0 Å². The molecule has 5 heteroatoms. The number of hydrogen-bond donors (Lipinski definition) is 1. The van der Waals surface area contributed by atoms with Crippen molar-refractivity contribution in [2.45, 2.75) is 13.0 Å². The summed E-state index contributed by atoms with van der Waals surface area (Å²) in [6, 6.07) is 8.33. The van der Waals surface area contributed by atoms with Crippen LogP contribution in [0.5, 0.6) is 0 Å². The molecule has 1 unspecified atom stereocenters. The van der Waals surface area contributed by atoms with E-state index < -0.39 is 0 Å². The van der Waals surface area contributed by atoms with Gasteiger partial charge in [-0.1, -0.05) is 12.1 Å². The second-order valence-corrected chi connectivity index (χ2v) is 5.13. The first-order valence-electron chi connectivity index (χ1n) is 5.97. The molecule has 0 spiro atoms. The molecule has 1 atom stereocenters. The number of thiazole rings is 1. The highest BCUT2D eigenvalue weighted by Crippen LogP contribution is 2.26. The molecule has 0 fully saturated rings. The van der Waals surface area contributed by atoms with Crippen LogP contribution in [0.2, 0.25) is 0 Å². The zero-order valence-corrected chi connectivity index (χ0v) is 11.2. The summed E-state index contributed by atoms with van der Waals surface area (Å²) in [6.45, 7) is 2.12. The Kier molecular flexibility index (Phi) is 3.29. The first kappa shape index (κ1) is 11.9. The van der Waals surface area contributed by atoms with Crippen molar-refractivity contribution in [1.82, 2.24) is 9.97 Å². The molecule has 0 aliphatic rings. The predicted octanol–water partition coefficient (Wildman–Crippen LogP) is 3.97. The molecule has 1 N–H and O–H groups in total. The number of anilines is 1. The van der Waals surface area contributed by atoms with Gasteiger partial charge in [-0.2, -0.15) is 0 Å². The molecule has 3 aromatic rings. The lowest BCUT2D eigenvalue weighted by Gasteiger charge is -2.13. The van der Waals surface area contributed by atoms with Crippen molar-refractivity contribution < 1.29 is 4.42 Å². The first-order valence-corrected chi connectivity index (χ1v) is 6.85. The van der Waals surface area contributed by atoms with Gasteiger partial charge in [0.25, 0.3) is 0 Å². The van der Waals surface area contributed by atoms with Gasteiger partial charge < -0.3 is 9.73 Å². The zero-order chi connectivity index (χ0) is 13.1. The van der Waals surface area contributed by atoms with Crippen LogP contribution in [-0.4, -0.2) is 9.97 Å². The van der Waals surface area contributed by atoms with Crippen molar-refractivity contribution in [2.75, 3.05) is 5.32 Å². The van der Waals surface area contributed by atoms with E-state index in [0.29, 0.717) is 0 Å². The van der Waals surface area contributed by atoms with Crippen molar-refractivity contribution >= 4 is 17.0 Å². The summed E-state index contributed by atoms with van der Waals surface area (Å²) in [6.07, 6.45) is 5.05. The summed E-state index contributed by atoms with van der Waals surface area (Å²) < 4.78 is 5.30. The van der Waals surface area contributed by atoms with Gasteiger partial charge in [0.15, 0.2) is 12.2 Å². The van der Waals surface area contributed by atoms with Gasteiger partial charge in [-0.15, -0.1) is 11.3 Å². The topological polar surface area (TPSA) is 51.0 Å². The smallest absolute Gasteiger partial charge is 0.181 e. The molecule has 96 valence electrons. The van der Waals surface area contributed by atoms with Crippen LogP contribution in [0.4, 0.5) is 5.69 Å². The van der Waals surface area contributed by atoms with E-state index in [4.69, 9.17) is 4.42 Å². The SMILES string of the molecule is CC(Nc1cccc(-c2cnco2)c1)c1cncs1. The molecule has 2 heterocycles. The molecule has 3 rings (SSSR count). The lowest BCUT2D eigenvalue weighted by Crippen LogP contribution is -2.04. The van der Waals surface area contributed by atoms with Crippen molar-refractivity contribution in [3.8, 4) is 11.3 Å². The van der Waals surface area contributed by atoms with E-state index in [9.17, 15) is 0 Å². The average molecular weight is 271 g/mol. The number of oxazole rings is 1. The Labute approximate surface area is 115 Å². The molecule has 1 aromatic carbocycles. The maximum absolute atomic E-state index is 5.30. The molecule has 0 saturated heterocycles. The Bertz CT molecular complexity index is 635. The highest BCUT2D eigenvalue weighted by molar-refractivity contribution is 7.09. The maximum Gasteiger partial charge on any atom is 0.181 e. The number of benzene rings is 1. The second-order valence-electron chi connectivity index (χ2n) is 4.22. The molecular weight excluding hydrogens is 258 g/mol. The van der Waals surface area contributed by atoms with E-state index >= 15 is 0 Å². The van der Waals surface area contributed by atoms with E-state index in [2.05, 4.69) is 28.3 Å². The number of nitrogens with zero attached hydrogens (tertiary/aromatic N) is 2. The van der Waals surface area contributed by atoms with E-state index in [1.807, 2.05) is 29.9 Å². The Morgan fingerprint density at radius 1 is 1.26 bits per heavy atom. The van der Waals surface area contributed by atoms with Gasteiger partial charge >= 0.3 is 0 Å². The predicted molar refractivity (Wildman–Crippen MR) is 76.1 cm³/mol. The molecule has 2 aromatic heterocycles. The van der Waals surface area contributed by atoms with Crippen LogP contribution in [-0.2, 0) is 0 Å². The Balaban J connectivity index is 1.80. The number of nitrogens with one attached hydrogen (secondary N) is 1. The highest BCUT2D eigenvalue weighted by Gasteiger charge is 2.08. The van der Waals surface area contributed by atoms with E-state index in [-0.39, 0.29) is 6.04 Å². The number of aromatic nitrogens is 2. The normalized spacial score (nSPS) is 12.3. The summed E-state index contributed by atoms with van der Waals surface area (Å²) in [5.74, 6) is 0.772. The second kappa shape index (κ2) is 5.24. The fourth-order valence-corrected chi connectivity index (χ4v) is 2.51. The summed E-state index contributed by atoms with van der Waals surface area (Å²) in [4.78, 5) is 9.25. The Morgan fingerprint density at radius 2 is 2.21 bits per heavy atom. The van der Waals surface area contributed by atoms with E-state index in [0.717, 1.165) is 17.0 Å². The molecule has 0 bridgehead atoms. The maximum atomic E-state index is 5.30. The lowest BCUT2D eigenvalue weighted by atomic mass is 10.1. The fourth-order valence-electron chi connectivity index (χ4n) is 1.88. The third-order valence-electron chi connectivity index (χ3n) is 2.84. The van der Waals surface area contributed by atoms with Gasteiger partial charge in [0.05, 0.1) is 17.7 Å². The van der Waals surface area contributed by atoms with Crippen LogP contribution in [0.1, 0.15) is 17.8 Å². The van der Waals surface area contributed by atoms with Gasteiger partial charge in [-0.05, 0) is 19.1 Å². The van der Waals surface area contributed by atoms with Crippen molar-refractivity contribution in [1.29, 1.82) is 0 Å². The standard InChI is InChI=1S/C14H13N3OS/c1-10(14-7-16-9-19-14)17-12-4-2-3-11(5-12)13-6-15-8-18-13/h2-10,17H,1H3.